The summed E-state index contributed by atoms with van der Waals surface area (Å²) in [5.41, 5.74) is 3.86. The fraction of sp³-hybridized carbons (Fsp3) is 0.538. The molecule has 3 rings (SSSR count). The second kappa shape index (κ2) is 3.10. The van der Waals surface area contributed by atoms with Gasteiger partial charge < -0.3 is 0 Å². The number of aryl methyl sites for hydroxylation is 1. The van der Waals surface area contributed by atoms with Gasteiger partial charge in [0.2, 0.25) is 0 Å². The molecule has 74 valence electrons. The Balaban J connectivity index is 2.09. The third-order valence-corrected chi connectivity index (χ3v) is 4.57. The van der Waals surface area contributed by atoms with E-state index in [1.165, 1.54) is 43.0 Å². The maximum absolute atomic E-state index is 3.56. The Bertz CT molecular complexity index is 361. The normalized spacial score (nSPS) is 22.9. The van der Waals surface area contributed by atoms with E-state index in [1.54, 1.807) is 11.1 Å². The zero-order valence-electron chi connectivity index (χ0n) is 8.35. The van der Waals surface area contributed by atoms with Gasteiger partial charge in [-0.2, -0.15) is 0 Å². The SMILES string of the molecule is Brc1ccc2c(c1)CCC21CCCC1. The largest absolute Gasteiger partial charge is 0.0571 e. The first kappa shape index (κ1) is 8.96. The van der Waals surface area contributed by atoms with E-state index >= 15 is 0 Å². The van der Waals surface area contributed by atoms with Gasteiger partial charge >= 0.3 is 0 Å². The quantitative estimate of drug-likeness (QED) is 0.648. The van der Waals surface area contributed by atoms with E-state index < -0.39 is 0 Å². The summed E-state index contributed by atoms with van der Waals surface area (Å²) < 4.78 is 1.24. The molecule has 0 saturated heterocycles. The molecule has 1 spiro atoms. The minimum Gasteiger partial charge on any atom is -0.0571 e. The van der Waals surface area contributed by atoms with Crippen molar-refractivity contribution in [2.24, 2.45) is 0 Å². The standard InChI is InChI=1S/C13H15Br/c14-11-3-4-12-10(9-11)5-8-13(12)6-1-2-7-13/h3-4,9H,1-2,5-8H2. The molecule has 0 radical (unpaired) electrons. The summed E-state index contributed by atoms with van der Waals surface area (Å²) in [6.45, 7) is 0. The van der Waals surface area contributed by atoms with Crippen LogP contribution in [0.1, 0.15) is 43.2 Å². The van der Waals surface area contributed by atoms with E-state index in [4.69, 9.17) is 0 Å². The van der Waals surface area contributed by atoms with Crippen LogP contribution >= 0.6 is 15.9 Å². The van der Waals surface area contributed by atoms with Gasteiger partial charge in [-0.15, -0.1) is 0 Å². The molecule has 1 heteroatoms. The monoisotopic (exact) mass is 250 g/mol. The van der Waals surface area contributed by atoms with E-state index in [2.05, 4.69) is 34.1 Å². The lowest BCUT2D eigenvalue weighted by Crippen LogP contribution is -2.17. The van der Waals surface area contributed by atoms with E-state index in [1.807, 2.05) is 0 Å². The highest BCUT2D eigenvalue weighted by Crippen LogP contribution is 2.50. The van der Waals surface area contributed by atoms with Crippen LogP contribution in [-0.4, -0.2) is 0 Å². The van der Waals surface area contributed by atoms with Crippen LogP contribution in [0, 0.1) is 0 Å². The van der Waals surface area contributed by atoms with Crippen molar-refractivity contribution in [3.05, 3.63) is 33.8 Å². The first-order valence-electron chi connectivity index (χ1n) is 5.59. The van der Waals surface area contributed by atoms with Crippen LogP contribution < -0.4 is 0 Å². The van der Waals surface area contributed by atoms with Crippen LogP contribution in [0.4, 0.5) is 0 Å². The van der Waals surface area contributed by atoms with Crippen molar-refractivity contribution in [3.63, 3.8) is 0 Å². The van der Waals surface area contributed by atoms with E-state index in [9.17, 15) is 0 Å². The number of fused-ring (bicyclic) bond motifs is 2. The van der Waals surface area contributed by atoms with Gasteiger partial charge in [0.15, 0.2) is 0 Å². The molecule has 1 fully saturated rings. The van der Waals surface area contributed by atoms with Gasteiger partial charge in [0.25, 0.3) is 0 Å². The number of hydrogen-bond acceptors (Lipinski definition) is 0. The molecular weight excluding hydrogens is 236 g/mol. The smallest absolute Gasteiger partial charge is 0.0178 e. The molecule has 0 N–H and O–H groups in total. The summed E-state index contributed by atoms with van der Waals surface area (Å²) in [6.07, 6.45) is 8.45. The Morgan fingerprint density at radius 2 is 1.86 bits per heavy atom. The summed E-state index contributed by atoms with van der Waals surface area (Å²) in [5.74, 6) is 0. The van der Waals surface area contributed by atoms with E-state index in [0.717, 1.165) is 0 Å². The average molecular weight is 251 g/mol. The fourth-order valence-corrected chi connectivity index (χ4v) is 3.77. The number of rotatable bonds is 0. The van der Waals surface area contributed by atoms with Crippen molar-refractivity contribution in [1.29, 1.82) is 0 Å². The molecule has 1 aromatic carbocycles. The van der Waals surface area contributed by atoms with Crippen LogP contribution in [0.25, 0.3) is 0 Å². The van der Waals surface area contributed by atoms with E-state index in [-0.39, 0.29) is 0 Å². The number of hydrogen-bond donors (Lipinski definition) is 0. The van der Waals surface area contributed by atoms with Crippen molar-refractivity contribution < 1.29 is 0 Å². The average Bonchev–Trinajstić information content (AvgIpc) is 2.77. The highest BCUT2D eigenvalue weighted by atomic mass is 79.9. The Labute approximate surface area is 93.8 Å². The molecule has 0 nitrogen and oxygen atoms in total. The second-order valence-electron chi connectivity index (χ2n) is 4.79. The molecule has 1 aromatic rings. The number of benzene rings is 1. The molecule has 0 aromatic heterocycles. The minimum absolute atomic E-state index is 0.593. The maximum atomic E-state index is 3.56. The second-order valence-corrected chi connectivity index (χ2v) is 5.70. The Hall–Kier alpha value is -0.300. The van der Waals surface area contributed by atoms with Crippen LogP contribution in [0.15, 0.2) is 22.7 Å². The van der Waals surface area contributed by atoms with Gasteiger partial charge in [-0.05, 0) is 54.4 Å². The zero-order chi connectivity index (χ0) is 9.60. The predicted molar refractivity (Wildman–Crippen MR) is 62.6 cm³/mol. The maximum Gasteiger partial charge on any atom is 0.0178 e. The Morgan fingerprint density at radius 3 is 2.64 bits per heavy atom. The molecule has 2 aliphatic rings. The molecule has 1 saturated carbocycles. The Kier molecular flexibility index (Phi) is 1.98. The van der Waals surface area contributed by atoms with Crippen molar-refractivity contribution >= 4 is 15.9 Å². The molecule has 0 bridgehead atoms. The van der Waals surface area contributed by atoms with Gasteiger partial charge in [0.1, 0.15) is 0 Å². The lowest BCUT2D eigenvalue weighted by molar-refractivity contribution is 0.439. The highest BCUT2D eigenvalue weighted by Gasteiger charge is 2.40. The summed E-state index contributed by atoms with van der Waals surface area (Å²) in [4.78, 5) is 0. The van der Waals surface area contributed by atoms with E-state index in [0.29, 0.717) is 5.41 Å². The zero-order valence-corrected chi connectivity index (χ0v) is 9.94. The van der Waals surface area contributed by atoms with Crippen molar-refractivity contribution in [2.45, 2.75) is 43.9 Å². The molecule has 0 aliphatic heterocycles. The summed E-state index contributed by atoms with van der Waals surface area (Å²) in [5, 5.41) is 0. The number of halogens is 1. The van der Waals surface area contributed by atoms with Gasteiger partial charge in [0, 0.05) is 4.47 Å². The molecule has 0 atom stereocenters. The fourth-order valence-electron chi connectivity index (χ4n) is 3.37. The van der Waals surface area contributed by atoms with Gasteiger partial charge in [-0.25, -0.2) is 0 Å². The van der Waals surface area contributed by atoms with Crippen molar-refractivity contribution in [3.8, 4) is 0 Å². The van der Waals surface area contributed by atoms with Crippen LogP contribution in [0.3, 0.4) is 0 Å². The molecule has 0 amide bonds. The third kappa shape index (κ3) is 1.18. The summed E-state index contributed by atoms with van der Waals surface area (Å²) >= 11 is 3.56. The van der Waals surface area contributed by atoms with Crippen molar-refractivity contribution in [2.75, 3.05) is 0 Å². The van der Waals surface area contributed by atoms with Gasteiger partial charge in [0.05, 0.1) is 0 Å². The minimum atomic E-state index is 0.593. The van der Waals surface area contributed by atoms with Crippen molar-refractivity contribution in [1.82, 2.24) is 0 Å². The van der Waals surface area contributed by atoms with Crippen LogP contribution in [0.2, 0.25) is 0 Å². The first-order chi connectivity index (χ1) is 6.80. The molecule has 0 unspecified atom stereocenters. The third-order valence-electron chi connectivity index (χ3n) is 4.07. The lowest BCUT2D eigenvalue weighted by atomic mass is 9.80. The molecule has 2 aliphatic carbocycles. The lowest BCUT2D eigenvalue weighted by Gasteiger charge is -2.24. The summed E-state index contributed by atoms with van der Waals surface area (Å²) in [6, 6.07) is 6.89. The first-order valence-corrected chi connectivity index (χ1v) is 6.38. The van der Waals surface area contributed by atoms with Gasteiger partial charge in [-0.1, -0.05) is 34.8 Å². The highest BCUT2D eigenvalue weighted by molar-refractivity contribution is 9.10. The molecular formula is C13H15Br. The summed E-state index contributed by atoms with van der Waals surface area (Å²) in [7, 11) is 0. The molecule has 14 heavy (non-hydrogen) atoms. The predicted octanol–water partition coefficient (Wildman–Crippen LogP) is 4.21. The van der Waals surface area contributed by atoms with Crippen LogP contribution in [0.5, 0.6) is 0 Å². The Morgan fingerprint density at radius 1 is 1.07 bits per heavy atom. The molecule has 0 heterocycles. The van der Waals surface area contributed by atoms with Crippen LogP contribution in [-0.2, 0) is 11.8 Å². The topological polar surface area (TPSA) is 0 Å². The van der Waals surface area contributed by atoms with Gasteiger partial charge in [-0.3, -0.25) is 0 Å².